The molecule has 0 heterocycles. The average Bonchev–Trinajstić information content (AvgIpc) is 2.93. The van der Waals surface area contributed by atoms with Crippen LogP contribution in [-0.4, -0.2) is 32.0 Å². The van der Waals surface area contributed by atoms with Crippen molar-refractivity contribution in [2.45, 2.75) is 76.0 Å². The highest BCUT2D eigenvalue weighted by molar-refractivity contribution is 7.92. The van der Waals surface area contributed by atoms with Crippen LogP contribution in [0.1, 0.15) is 64.7 Å². The zero-order valence-corrected chi connectivity index (χ0v) is 13.1. The van der Waals surface area contributed by atoms with Gasteiger partial charge in [0.1, 0.15) is 0 Å². The van der Waals surface area contributed by atoms with E-state index in [-0.39, 0.29) is 11.3 Å². The Balaban J connectivity index is 1.97. The van der Waals surface area contributed by atoms with Gasteiger partial charge in [-0.2, -0.15) is 0 Å². The van der Waals surface area contributed by atoms with Crippen molar-refractivity contribution >= 4 is 9.84 Å². The van der Waals surface area contributed by atoms with Crippen LogP contribution in [0.25, 0.3) is 0 Å². The Bertz CT molecular complexity index is 354. The predicted molar refractivity (Wildman–Crippen MR) is 80.1 cm³/mol. The van der Waals surface area contributed by atoms with E-state index >= 15 is 0 Å². The van der Waals surface area contributed by atoms with Crippen LogP contribution >= 0.6 is 0 Å². The Hall–Kier alpha value is -0.0900. The molecule has 0 amide bonds. The lowest BCUT2D eigenvalue weighted by atomic mass is 9.99. The first-order valence-corrected chi connectivity index (χ1v) is 9.80. The Morgan fingerprint density at radius 2 is 1.58 bits per heavy atom. The summed E-state index contributed by atoms with van der Waals surface area (Å²) in [4.78, 5) is 0. The van der Waals surface area contributed by atoms with E-state index in [9.17, 15) is 8.42 Å². The molecule has 0 spiro atoms. The maximum Gasteiger partial charge on any atom is 0.154 e. The van der Waals surface area contributed by atoms with Gasteiger partial charge in [0.05, 0.1) is 11.0 Å². The summed E-state index contributed by atoms with van der Waals surface area (Å²) in [7, 11) is -2.90. The molecule has 0 bridgehead atoms. The molecule has 0 aromatic heterocycles. The van der Waals surface area contributed by atoms with Crippen LogP contribution in [-0.2, 0) is 9.84 Å². The molecule has 2 aliphatic carbocycles. The van der Waals surface area contributed by atoms with Gasteiger partial charge >= 0.3 is 0 Å². The van der Waals surface area contributed by atoms with Crippen LogP contribution in [0.3, 0.4) is 0 Å². The van der Waals surface area contributed by atoms with Gasteiger partial charge in [0.25, 0.3) is 0 Å². The summed E-state index contributed by atoms with van der Waals surface area (Å²) in [5.74, 6) is 0.953. The largest absolute Gasteiger partial charge is 0.313 e. The molecular formula is C15H29NO2S. The summed E-state index contributed by atoms with van der Waals surface area (Å²) in [6.45, 7) is 2.95. The standard InChI is InChI=1S/C15H29NO2S/c1-2-16-15(13-8-6-7-9-13)12-19(17,18)14-10-4-3-5-11-14/h13-16H,2-12H2,1H3. The van der Waals surface area contributed by atoms with Crippen LogP contribution < -0.4 is 5.32 Å². The molecule has 1 N–H and O–H groups in total. The highest BCUT2D eigenvalue weighted by Gasteiger charge is 2.33. The molecule has 0 aliphatic heterocycles. The van der Waals surface area contributed by atoms with Crippen molar-refractivity contribution < 1.29 is 8.42 Å². The molecule has 1 atom stereocenters. The van der Waals surface area contributed by atoms with Gasteiger partial charge in [-0.1, -0.05) is 39.0 Å². The number of hydrogen-bond acceptors (Lipinski definition) is 3. The number of rotatable bonds is 6. The van der Waals surface area contributed by atoms with Gasteiger partial charge in [-0.3, -0.25) is 0 Å². The summed E-state index contributed by atoms with van der Waals surface area (Å²) >= 11 is 0. The SMILES string of the molecule is CCNC(CS(=O)(=O)C1CCCCC1)C1CCCC1. The highest BCUT2D eigenvalue weighted by Crippen LogP contribution is 2.30. The first-order chi connectivity index (χ1) is 9.13. The maximum absolute atomic E-state index is 12.6. The summed E-state index contributed by atoms with van der Waals surface area (Å²) < 4.78 is 25.2. The van der Waals surface area contributed by atoms with Crippen molar-refractivity contribution in [3.8, 4) is 0 Å². The van der Waals surface area contributed by atoms with Crippen molar-refractivity contribution in [2.24, 2.45) is 5.92 Å². The third kappa shape index (κ3) is 4.19. The zero-order valence-electron chi connectivity index (χ0n) is 12.2. The van der Waals surface area contributed by atoms with Crippen molar-refractivity contribution in [1.82, 2.24) is 5.32 Å². The van der Waals surface area contributed by atoms with Gasteiger partial charge < -0.3 is 5.32 Å². The minimum Gasteiger partial charge on any atom is -0.313 e. The molecule has 2 aliphatic rings. The van der Waals surface area contributed by atoms with Crippen molar-refractivity contribution in [3.05, 3.63) is 0 Å². The van der Waals surface area contributed by atoms with Gasteiger partial charge in [-0.25, -0.2) is 8.42 Å². The van der Waals surface area contributed by atoms with Crippen LogP contribution in [0.5, 0.6) is 0 Å². The van der Waals surface area contributed by atoms with E-state index in [4.69, 9.17) is 0 Å². The Kier molecular flexibility index (Phi) is 5.70. The monoisotopic (exact) mass is 287 g/mol. The number of nitrogens with one attached hydrogen (secondary N) is 1. The molecule has 2 fully saturated rings. The average molecular weight is 287 g/mol. The molecule has 0 radical (unpaired) electrons. The quantitative estimate of drug-likeness (QED) is 0.817. The molecule has 0 saturated heterocycles. The van der Waals surface area contributed by atoms with Crippen molar-refractivity contribution in [2.75, 3.05) is 12.3 Å². The lowest BCUT2D eigenvalue weighted by Crippen LogP contribution is -2.43. The molecule has 3 nitrogen and oxygen atoms in total. The zero-order chi connectivity index (χ0) is 13.7. The van der Waals surface area contributed by atoms with Crippen LogP contribution in [0.2, 0.25) is 0 Å². The molecule has 19 heavy (non-hydrogen) atoms. The fraction of sp³-hybridized carbons (Fsp3) is 1.00. The highest BCUT2D eigenvalue weighted by atomic mass is 32.2. The molecule has 2 rings (SSSR count). The van der Waals surface area contributed by atoms with Crippen LogP contribution in [0.4, 0.5) is 0 Å². The van der Waals surface area contributed by atoms with E-state index in [1.54, 1.807) is 0 Å². The second-order valence-corrected chi connectivity index (χ2v) is 8.62. The van der Waals surface area contributed by atoms with E-state index in [1.807, 2.05) is 0 Å². The molecule has 112 valence electrons. The molecule has 0 aromatic carbocycles. The lowest BCUT2D eigenvalue weighted by molar-refractivity contribution is 0.385. The maximum atomic E-state index is 12.6. The van der Waals surface area contributed by atoms with E-state index in [1.165, 1.54) is 32.1 Å². The smallest absolute Gasteiger partial charge is 0.154 e. The fourth-order valence-electron chi connectivity index (χ4n) is 3.79. The van der Waals surface area contributed by atoms with Gasteiger partial charge in [0.15, 0.2) is 9.84 Å². The van der Waals surface area contributed by atoms with E-state index in [0.29, 0.717) is 11.7 Å². The van der Waals surface area contributed by atoms with E-state index < -0.39 is 9.84 Å². The van der Waals surface area contributed by atoms with E-state index in [2.05, 4.69) is 12.2 Å². The predicted octanol–water partition coefficient (Wildman–Crippen LogP) is 2.90. The van der Waals surface area contributed by atoms with Gasteiger partial charge in [-0.05, 0) is 38.1 Å². The normalized spacial score (nSPS) is 24.7. The number of hydrogen-bond donors (Lipinski definition) is 1. The first-order valence-electron chi connectivity index (χ1n) is 8.08. The molecule has 2 saturated carbocycles. The molecule has 1 unspecified atom stereocenters. The van der Waals surface area contributed by atoms with Gasteiger partial charge in [0.2, 0.25) is 0 Å². The minimum absolute atomic E-state index is 0.0520. The van der Waals surface area contributed by atoms with E-state index in [0.717, 1.165) is 32.2 Å². The first kappa shape index (κ1) is 15.3. The Labute approximate surface area is 118 Å². The van der Waals surface area contributed by atoms with Gasteiger partial charge in [-0.15, -0.1) is 0 Å². The Morgan fingerprint density at radius 3 is 2.16 bits per heavy atom. The second-order valence-electron chi connectivity index (χ2n) is 6.30. The summed E-state index contributed by atoms with van der Waals surface area (Å²) in [6.07, 6.45) is 10.2. The molecule has 0 aromatic rings. The van der Waals surface area contributed by atoms with Crippen molar-refractivity contribution in [3.63, 3.8) is 0 Å². The van der Waals surface area contributed by atoms with Crippen LogP contribution in [0.15, 0.2) is 0 Å². The summed E-state index contributed by atoms with van der Waals surface area (Å²) in [6, 6.07) is 0.194. The van der Waals surface area contributed by atoms with Crippen molar-refractivity contribution in [1.29, 1.82) is 0 Å². The summed E-state index contributed by atoms with van der Waals surface area (Å²) in [5.41, 5.74) is 0. The third-order valence-corrected chi connectivity index (χ3v) is 7.22. The summed E-state index contributed by atoms with van der Waals surface area (Å²) in [5, 5.41) is 3.39. The second kappa shape index (κ2) is 7.07. The number of sulfone groups is 1. The third-order valence-electron chi connectivity index (χ3n) is 4.91. The topological polar surface area (TPSA) is 46.2 Å². The van der Waals surface area contributed by atoms with Crippen LogP contribution in [0, 0.1) is 5.92 Å². The lowest BCUT2D eigenvalue weighted by Gasteiger charge is -2.28. The minimum atomic E-state index is -2.90. The molecule has 4 heteroatoms. The van der Waals surface area contributed by atoms with Gasteiger partial charge in [0, 0.05) is 6.04 Å². The molecular weight excluding hydrogens is 258 g/mol. The Morgan fingerprint density at radius 1 is 1.00 bits per heavy atom. The fourth-order valence-corrected chi connectivity index (χ4v) is 6.01.